The van der Waals surface area contributed by atoms with Crippen LogP contribution >= 0.6 is 15.9 Å². The number of nitrogens with one attached hydrogen (secondary N) is 1. The molecule has 15 heavy (non-hydrogen) atoms. The molecule has 0 amide bonds. The molecule has 2 rings (SSSR count). The number of hydrogen-bond acceptors (Lipinski definition) is 1. The molecule has 0 aliphatic rings. The van der Waals surface area contributed by atoms with E-state index >= 15 is 0 Å². The first-order valence-electron chi connectivity index (χ1n) is 5.02. The molecule has 1 atom stereocenters. The van der Waals surface area contributed by atoms with E-state index in [1.807, 2.05) is 19.9 Å². The highest BCUT2D eigenvalue weighted by atomic mass is 79.9. The van der Waals surface area contributed by atoms with Gasteiger partial charge >= 0.3 is 0 Å². The molecule has 3 heteroatoms. The molecule has 1 aromatic carbocycles. The molecule has 0 spiro atoms. The van der Waals surface area contributed by atoms with E-state index in [4.69, 9.17) is 0 Å². The summed E-state index contributed by atoms with van der Waals surface area (Å²) in [5.41, 5.74) is 3.48. The molecule has 0 fully saturated rings. The number of aromatic nitrogens is 1. The predicted octanol–water partition coefficient (Wildman–Crippen LogP) is 3.16. The van der Waals surface area contributed by atoms with Gasteiger partial charge in [-0.3, -0.25) is 0 Å². The van der Waals surface area contributed by atoms with Crippen molar-refractivity contribution in [2.75, 3.05) is 0 Å². The second kappa shape index (κ2) is 3.99. The van der Waals surface area contributed by atoms with Gasteiger partial charge in [0, 0.05) is 27.5 Å². The van der Waals surface area contributed by atoms with E-state index in [0.29, 0.717) is 6.42 Å². The molecule has 0 bridgehead atoms. The quantitative estimate of drug-likeness (QED) is 0.862. The average molecular weight is 268 g/mol. The third-order valence-electron chi connectivity index (χ3n) is 2.58. The molecule has 0 aliphatic carbocycles. The molecule has 2 N–H and O–H groups in total. The van der Waals surface area contributed by atoms with Crippen molar-refractivity contribution >= 4 is 26.8 Å². The van der Waals surface area contributed by atoms with Gasteiger partial charge in [0.2, 0.25) is 0 Å². The Morgan fingerprint density at radius 1 is 1.47 bits per heavy atom. The molecule has 1 unspecified atom stereocenters. The Balaban J connectivity index is 2.58. The number of aliphatic hydroxyl groups is 1. The van der Waals surface area contributed by atoms with Crippen molar-refractivity contribution < 1.29 is 5.11 Å². The summed E-state index contributed by atoms with van der Waals surface area (Å²) in [4.78, 5) is 3.33. The second-order valence-electron chi connectivity index (χ2n) is 3.97. The number of H-pyrrole nitrogens is 1. The molecule has 2 nitrogen and oxygen atoms in total. The van der Waals surface area contributed by atoms with E-state index < -0.39 is 0 Å². The standard InChI is InChI=1S/C12H14BrNO/c1-7(15)5-11-8(2)14-12-6-9(13)3-4-10(11)12/h3-4,6-7,14-15H,5H2,1-2H3. The molecule has 1 aromatic heterocycles. The SMILES string of the molecule is Cc1[nH]c2cc(Br)ccc2c1CC(C)O. The number of benzene rings is 1. The van der Waals surface area contributed by atoms with Gasteiger partial charge in [0.1, 0.15) is 0 Å². The molecular weight excluding hydrogens is 254 g/mol. The summed E-state index contributed by atoms with van der Waals surface area (Å²) in [5, 5.41) is 10.6. The lowest BCUT2D eigenvalue weighted by Gasteiger charge is -2.04. The van der Waals surface area contributed by atoms with Gasteiger partial charge in [-0.15, -0.1) is 0 Å². The average Bonchev–Trinajstić information content (AvgIpc) is 2.41. The Kier molecular flexibility index (Phi) is 2.85. The first-order chi connectivity index (χ1) is 7.08. The molecule has 2 aromatic rings. The minimum absolute atomic E-state index is 0.300. The van der Waals surface area contributed by atoms with E-state index in [1.165, 1.54) is 10.9 Å². The molecule has 0 saturated carbocycles. The van der Waals surface area contributed by atoms with Crippen molar-refractivity contribution in [3.8, 4) is 0 Å². The molecular formula is C12H14BrNO. The Morgan fingerprint density at radius 3 is 2.87 bits per heavy atom. The van der Waals surface area contributed by atoms with Gasteiger partial charge in [0.25, 0.3) is 0 Å². The Hall–Kier alpha value is -0.800. The van der Waals surface area contributed by atoms with Crippen LogP contribution in [-0.2, 0) is 6.42 Å². The van der Waals surface area contributed by atoms with Gasteiger partial charge in [-0.25, -0.2) is 0 Å². The van der Waals surface area contributed by atoms with Crippen molar-refractivity contribution in [1.82, 2.24) is 4.98 Å². The van der Waals surface area contributed by atoms with Crippen LogP contribution in [0.2, 0.25) is 0 Å². The van der Waals surface area contributed by atoms with Crippen LogP contribution in [0.15, 0.2) is 22.7 Å². The summed E-state index contributed by atoms with van der Waals surface area (Å²) in [6.45, 7) is 3.86. The Morgan fingerprint density at radius 2 is 2.20 bits per heavy atom. The second-order valence-corrected chi connectivity index (χ2v) is 4.89. The largest absolute Gasteiger partial charge is 0.393 e. The lowest BCUT2D eigenvalue weighted by atomic mass is 10.1. The lowest BCUT2D eigenvalue weighted by molar-refractivity contribution is 0.195. The fourth-order valence-electron chi connectivity index (χ4n) is 1.92. The van der Waals surface area contributed by atoms with E-state index in [2.05, 4.69) is 33.0 Å². The maximum absolute atomic E-state index is 9.44. The van der Waals surface area contributed by atoms with Gasteiger partial charge in [-0.05, 0) is 31.5 Å². The highest BCUT2D eigenvalue weighted by molar-refractivity contribution is 9.10. The number of fused-ring (bicyclic) bond motifs is 1. The number of rotatable bonds is 2. The molecule has 0 aliphatic heterocycles. The number of aliphatic hydroxyl groups excluding tert-OH is 1. The number of aromatic amines is 1. The zero-order chi connectivity index (χ0) is 11.0. The van der Waals surface area contributed by atoms with Crippen LogP contribution in [0.25, 0.3) is 10.9 Å². The Labute approximate surface area is 97.4 Å². The summed E-state index contributed by atoms with van der Waals surface area (Å²) in [6.07, 6.45) is 0.402. The summed E-state index contributed by atoms with van der Waals surface area (Å²) in [6, 6.07) is 6.18. The van der Waals surface area contributed by atoms with Gasteiger partial charge in [0.15, 0.2) is 0 Å². The fraction of sp³-hybridized carbons (Fsp3) is 0.333. The van der Waals surface area contributed by atoms with Crippen LogP contribution in [0.3, 0.4) is 0 Å². The van der Waals surface area contributed by atoms with Gasteiger partial charge in [0.05, 0.1) is 6.10 Å². The third kappa shape index (κ3) is 2.08. The normalized spacial score (nSPS) is 13.3. The third-order valence-corrected chi connectivity index (χ3v) is 3.07. The first-order valence-corrected chi connectivity index (χ1v) is 5.82. The summed E-state index contributed by atoms with van der Waals surface area (Å²) >= 11 is 3.45. The number of aryl methyl sites for hydroxylation is 1. The fourth-order valence-corrected chi connectivity index (χ4v) is 2.28. The van der Waals surface area contributed by atoms with E-state index in [1.54, 1.807) is 0 Å². The molecule has 0 saturated heterocycles. The topological polar surface area (TPSA) is 36.0 Å². The van der Waals surface area contributed by atoms with Crippen LogP contribution in [-0.4, -0.2) is 16.2 Å². The van der Waals surface area contributed by atoms with Crippen molar-refractivity contribution in [2.24, 2.45) is 0 Å². The van der Waals surface area contributed by atoms with E-state index in [9.17, 15) is 5.11 Å². The zero-order valence-corrected chi connectivity index (χ0v) is 10.4. The summed E-state index contributed by atoms with van der Waals surface area (Å²) in [7, 11) is 0. The monoisotopic (exact) mass is 267 g/mol. The van der Waals surface area contributed by atoms with Gasteiger partial charge < -0.3 is 10.1 Å². The lowest BCUT2D eigenvalue weighted by Crippen LogP contribution is -2.04. The van der Waals surface area contributed by atoms with Crippen molar-refractivity contribution in [2.45, 2.75) is 26.4 Å². The van der Waals surface area contributed by atoms with Gasteiger partial charge in [-0.2, -0.15) is 0 Å². The van der Waals surface area contributed by atoms with E-state index in [-0.39, 0.29) is 6.10 Å². The van der Waals surface area contributed by atoms with Crippen LogP contribution in [0.4, 0.5) is 0 Å². The smallest absolute Gasteiger partial charge is 0.0553 e. The first kappa shape index (κ1) is 10.7. The highest BCUT2D eigenvalue weighted by Crippen LogP contribution is 2.26. The van der Waals surface area contributed by atoms with Gasteiger partial charge in [-0.1, -0.05) is 22.0 Å². The number of halogens is 1. The van der Waals surface area contributed by atoms with Crippen LogP contribution in [0.5, 0.6) is 0 Å². The predicted molar refractivity (Wildman–Crippen MR) is 66.1 cm³/mol. The summed E-state index contributed by atoms with van der Waals surface area (Å²) < 4.78 is 1.07. The zero-order valence-electron chi connectivity index (χ0n) is 8.84. The minimum Gasteiger partial charge on any atom is -0.393 e. The molecule has 80 valence electrons. The van der Waals surface area contributed by atoms with Crippen molar-refractivity contribution in [1.29, 1.82) is 0 Å². The maximum Gasteiger partial charge on any atom is 0.0553 e. The van der Waals surface area contributed by atoms with Crippen molar-refractivity contribution in [3.63, 3.8) is 0 Å². The molecule has 1 heterocycles. The van der Waals surface area contributed by atoms with Crippen LogP contribution < -0.4 is 0 Å². The van der Waals surface area contributed by atoms with Crippen LogP contribution in [0, 0.1) is 6.92 Å². The maximum atomic E-state index is 9.44. The van der Waals surface area contributed by atoms with Crippen LogP contribution in [0.1, 0.15) is 18.2 Å². The Bertz CT molecular complexity index is 488. The highest BCUT2D eigenvalue weighted by Gasteiger charge is 2.10. The van der Waals surface area contributed by atoms with E-state index in [0.717, 1.165) is 15.7 Å². The van der Waals surface area contributed by atoms with Crippen molar-refractivity contribution in [3.05, 3.63) is 33.9 Å². The number of hydrogen-bond donors (Lipinski definition) is 2. The summed E-state index contributed by atoms with van der Waals surface area (Å²) in [5.74, 6) is 0. The minimum atomic E-state index is -0.300. The molecule has 0 radical (unpaired) electrons.